The second-order valence-corrected chi connectivity index (χ2v) is 7.76. The van der Waals surface area contributed by atoms with Gasteiger partial charge in [-0.25, -0.2) is 4.18 Å². The molecule has 0 radical (unpaired) electrons. The van der Waals surface area contributed by atoms with E-state index in [0.717, 1.165) is 12.8 Å². The summed E-state index contributed by atoms with van der Waals surface area (Å²) in [7, 11) is -4.54. The number of aliphatic hydroxyl groups is 1. The van der Waals surface area contributed by atoms with Gasteiger partial charge in [-0.15, -0.1) is 0 Å². The first kappa shape index (κ1) is 23.8. The van der Waals surface area contributed by atoms with E-state index in [0.29, 0.717) is 6.42 Å². The maximum Gasteiger partial charge on any atom is 0.399 e. The third-order valence-corrected chi connectivity index (χ3v) is 4.75. The van der Waals surface area contributed by atoms with Gasteiger partial charge in [-0.1, -0.05) is 96.8 Å². The zero-order valence-electron chi connectivity index (χ0n) is 15.4. The van der Waals surface area contributed by atoms with E-state index >= 15 is 0 Å². The predicted molar refractivity (Wildman–Crippen MR) is 98.2 cm³/mol. The van der Waals surface area contributed by atoms with Crippen molar-refractivity contribution in [1.82, 2.24) is 0 Å². The molecule has 6 heteroatoms. The third-order valence-electron chi connectivity index (χ3n) is 4.29. The van der Waals surface area contributed by atoms with Gasteiger partial charge in [0, 0.05) is 0 Å². The molecule has 0 saturated heterocycles. The van der Waals surface area contributed by atoms with Gasteiger partial charge in [0.25, 0.3) is 0 Å². The van der Waals surface area contributed by atoms with Crippen LogP contribution in [0.25, 0.3) is 0 Å². The van der Waals surface area contributed by atoms with Gasteiger partial charge in [-0.05, 0) is 12.8 Å². The van der Waals surface area contributed by atoms with Crippen molar-refractivity contribution in [2.75, 3.05) is 0 Å². The van der Waals surface area contributed by atoms with Crippen LogP contribution in [0.2, 0.25) is 0 Å². The Bertz CT molecular complexity index is 356. The fraction of sp³-hybridized carbons (Fsp3) is 1.00. The number of hydrogen-bond donors (Lipinski definition) is 2. The molecule has 2 N–H and O–H groups in total. The lowest BCUT2D eigenvalue weighted by Gasteiger charge is -2.08. The van der Waals surface area contributed by atoms with E-state index in [9.17, 15) is 13.5 Å². The van der Waals surface area contributed by atoms with Crippen molar-refractivity contribution in [3.05, 3.63) is 0 Å². The Morgan fingerprint density at radius 2 is 1.04 bits per heavy atom. The Hall–Kier alpha value is -0.170. The van der Waals surface area contributed by atoms with Gasteiger partial charge in [-0.3, -0.25) is 4.55 Å². The molecule has 0 heterocycles. The molecule has 0 amide bonds. The molecular weight excluding hydrogens is 328 g/mol. The van der Waals surface area contributed by atoms with Crippen LogP contribution in [0.1, 0.15) is 110 Å². The maximum absolute atomic E-state index is 10.4. The fourth-order valence-electron chi connectivity index (χ4n) is 2.88. The summed E-state index contributed by atoms with van der Waals surface area (Å²) >= 11 is 0. The van der Waals surface area contributed by atoms with Crippen LogP contribution < -0.4 is 0 Å². The first-order valence-corrected chi connectivity index (χ1v) is 11.2. The van der Waals surface area contributed by atoms with Gasteiger partial charge in [0.1, 0.15) is 0 Å². The van der Waals surface area contributed by atoms with E-state index in [1.807, 2.05) is 0 Å². The zero-order chi connectivity index (χ0) is 18.1. The fourth-order valence-corrected chi connectivity index (χ4v) is 3.26. The summed E-state index contributed by atoms with van der Waals surface area (Å²) in [4.78, 5) is 0. The standard InChI is InChI=1S/C18H38O5S/c1-2-3-4-5-6-7-8-9-10-11-12-13-14-15-16-17-18(19)23-24(20,21)22/h18-19H,2-17H2,1H3,(H,20,21,22). The van der Waals surface area contributed by atoms with Crippen molar-refractivity contribution in [1.29, 1.82) is 0 Å². The highest BCUT2D eigenvalue weighted by atomic mass is 32.3. The second kappa shape index (κ2) is 16.3. The summed E-state index contributed by atoms with van der Waals surface area (Å²) in [5, 5.41) is 9.23. The Morgan fingerprint density at radius 1 is 0.708 bits per heavy atom. The summed E-state index contributed by atoms with van der Waals surface area (Å²) in [6, 6.07) is 0. The van der Waals surface area contributed by atoms with Crippen molar-refractivity contribution < 1.29 is 22.3 Å². The Kier molecular flexibility index (Phi) is 16.2. The maximum atomic E-state index is 10.4. The molecule has 0 aliphatic heterocycles. The molecule has 0 aromatic rings. The highest BCUT2D eigenvalue weighted by Gasteiger charge is 2.12. The topological polar surface area (TPSA) is 83.8 Å². The van der Waals surface area contributed by atoms with E-state index in [1.165, 1.54) is 77.0 Å². The highest BCUT2D eigenvalue weighted by Crippen LogP contribution is 2.14. The molecule has 0 saturated carbocycles. The Balaban J connectivity index is 3.15. The van der Waals surface area contributed by atoms with E-state index < -0.39 is 16.7 Å². The van der Waals surface area contributed by atoms with Gasteiger partial charge < -0.3 is 5.11 Å². The average Bonchev–Trinajstić information content (AvgIpc) is 2.49. The predicted octanol–water partition coefficient (Wildman–Crippen LogP) is 5.39. The monoisotopic (exact) mass is 366 g/mol. The first-order chi connectivity index (χ1) is 11.5. The van der Waals surface area contributed by atoms with Gasteiger partial charge in [0.2, 0.25) is 0 Å². The van der Waals surface area contributed by atoms with Crippen LogP contribution in [0.3, 0.4) is 0 Å². The molecular formula is C18H38O5S. The van der Waals surface area contributed by atoms with Crippen molar-refractivity contribution >= 4 is 10.4 Å². The lowest BCUT2D eigenvalue weighted by atomic mass is 10.0. The average molecular weight is 367 g/mol. The van der Waals surface area contributed by atoms with Crippen molar-refractivity contribution in [2.24, 2.45) is 0 Å². The van der Waals surface area contributed by atoms with Crippen LogP contribution in [0.15, 0.2) is 0 Å². The van der Waals surface area contributed by atoms with Crippen LogP contribution in [-0.2, 0) is 14.6 Å². The normalized spacial score (nSPS) is 13.3. The van der Waals surface area contributed by atoms with Gasteiger partial charge in [-0.2, -0.15) is 8.42 Å². The number of rotatable bonds is 18. The summed E-state index contributed by atoms with van der Waals surface area (Å²) in [5.74, 6) is 0. The molecule has 0 aliphatic rings. The lowest BCUT2D eigenvalue weighted by Crippen LogP contribution is -2.16. The molecule has 146 valence electrons. The van der Waals surface area contributed by atoms with E-state index in [4.69, 9.17) is 4.55 Å². The molecule has 24 heavy (non-hydrogen) atoms. The molecule has 1 atom stereocenters. The summed E-state index contributed by atoms with van der Waals surface area (Å²) in [6.07, 6.45) is 17.6. The van der Waals surface area contributed by atoms with Crippen LogP contribution in [-0.4, -0.2) is 24.4 Å². The third kappa shape index (κ3) is 19.9. The second-order valence-electron chi connectivity index (χ2n) is 6.72. The number of unbranched alkanes of at least 4 members (excludes halogenated alkanes) is 14. The zero-order valence-corrected chi connectivity index (χ0v) is 16.2. The van der Waals surface area contributed by atoms with Crippen molar-refractivity contribution in [2.45, 2.75) is 116 Å². The molecule has 0 aromatic carbocycles. The SMILES string of the molecule is CCCCCCCCCCCCCCCCCC(O)OS(=O)(=O)O. The number of hydrogen-bond acceptors (Lipinski definition) is 4. The first-order valence-electron chi connectivity index (χ1n) is 9.79. The molecule has 0 bridgehead atoms. The van der Waals surface area contributed by atoms with E-state index in [1.54, 1.807) is 0 Å². The molecule has 5 nitrogen and oxygen atoms in total. The largest absolute Gasteiger partial charge is 0.399 e. The van der Waals surface area contributed by atoms with Crippen molar-refractivity contribution in [3.63, 3.8) is 0 Å². The molecule has 0 fully saturated rings. The van der Waals surface area contributed by atoms with Gasteiger partial charge >= 0.3 is 10.4 Å². The van der Waals surface area contributed by atoms with Crippen LogP contribution in [0.4, 0.5) is 0 Å². The number of aliphatic hydroxyl groups excluding tert-OH is 1. The molecule has 0 aromatic heterocycles. The van der Waals surface area contributed by atoms with E-state index in [2.05, 4.69) is 11.1 Å². The van der Waals surface area contributed by atoms with Crippen molar-refractivity contribution in [3.8, 4) is 0 Å². The Labute approximate surface area is 149 Å². The minimum absolute atomic E-state index is 0.234. The summed E-state index contributed by atoms with van der Waals surface area (Å²) < 4.78 is 33.2. The van der Waals surface area contributed by atoms with E-state index in [-0.39, 0.29) is 6.42 Å². The quantitative estimate of drug-likeness (QED) is 0.193. The van der Waals surface area contributed by atoms with Crippen LogP contribution in [0.5, 0.6) is 0 Å². The summed E-state index contributed by atoms with van der Waals surface area (Å²) in [6.45, 7) is 2.25. The minimum atomic E-state index is -4.54. The lowest BCUT2D eigenvalue weighted by molar-refractivity contribution is -0.0267. The van der Waals surface area contributed by atoms with Crippen LogP contribution in [0, 0.1) is 0 Å². The summed E-state index contributed by atoms with van der Waals surface area (Å²) in [5.41, 5.74) is 0. The molecule has 0 spiro atoms. The molecule has 1 unspecified atom stereocenters. The van der Waals surface area contributed by atoms with Crippen LogP contribution >= 0.6 is 0 Å². The smallest absolute Gasteiger partial charge is 0.367 e. The Morgan fingerprint density at radius 3 is 1.38 bits per heavy atom. The van der Waals surface area contributed by atoms with Gasteiger partial charge in [0.15, 0.2) is 6.29 Å². The molecule has 0 aliphatic carbocycles. The van der Waals surface area contributed by atoms with Gasteiger partial charge in [0.05, 0.1) is 0 Å². The molecule has 0 rings (SSSR count). The highest BCUT2D eigenvalue weighted by molar-refractivity contribution is 7.80. The minimum Gasteiger partial charge on any atom is -0.367 e.